The van der Waals surface area contributed by atoms with Crippen LogP contribution in [0, 0.1) is 0 Å². The van der Waals surface area contributed by atoms with E-state index in [4.69, 9.17) is 26.4 Å². The van der Waals surface area contributed by atoms with Gasteiger partial charge in [0, 0.05) is 13.6 Å². The summed E-state index contributed by atoms with van der Waals surface area (Å²) in [4.78, 5) is 29.0. The Morgan fingerprint density at radius 1 is 1.06 bits per heavy atom. The van der Waals surface area contributed by atoms with Crippen molar-refractivity contribution >= 4 is 34.8 Å². The van der Waals surface area contributed by atoms with Gasteiger partial charge in [0.05, 0.1) is 33.4 Å². The molecule has 0 radical (unpaired) electrons. The minimum Gasteiger partial charge on any atom is -0.497 e. The van der Waals surface area contributed by atoms with Gasteiger partial charge in [0.1, 0.15) is 11.8 Å². The molecule has 0 spiro atoms. The molecule has 0 aromatic heterocycles. The highest BCUT2D eigenvalue weighted by atomic mass is 32.1. The maximum atomic E-state index is 13.2. The fraction of sp³-hybridized carbons (Fsp3) is 0.348. The first-order valence-corrected chi connectivity index (χ1v) is 10.5. The van der Waals surface area contributed by atoms with Crippen LogP contribution < -0.4 is 24.4 Å². The normalized spacial score (nSPS) is 15.5. The molecule has 9 heteroatoms. The standard InChI is InChI=1S/C23H27N3O5S/c1-24-23(32)25(12-11-15-5-10-19(30-3)20(13-15)31-4)18-14-21(27)26(22(18)28)16-6-8-17(29-2)9-7-16/h5-10,13,18H,11-12,14H2,1-4H3,(H,24,32)/t18-/m0/s1. The molecule has 2 aromatic rings. The predicted molar refractivity (Wildman–Crippen MR) is 126 cm³/mol. The van der Waals surface area contributed by atoms with Gasteiger partial charge in [-0.15, -0.1) is 0 Å². The average Bonchev–Trinajstić information content (AvgIpc) is 3.12. The van der Waals surface area contributed by atoms with Crippen LogP contribution in [0.15, 0.2) is 42.5 Å². The van der Waals surface area contributed by atoms with Crippen LogP contribution in [0.3, 0.4) is 0 Å². The number of anilines is 1. The molecule has 1 N–H and O–H groups in total. The van der Waals surface area contributed by atoms with E-state index in [1.165, 1.54) is 4.90 Å². The van der Waals surface area contributed by atoms with Crippen LogP contribution in [0.4, 0.5) is 5.69 Å². The first-order chi connectivity index (χ1) is 15.4. The number of thiocarbonyl (C=S) groups is 1. The third-order valence-electron chi connectivity index (χ3n) is 5.39. The molecule has 1 fully saturated rings. The van der Waals surface area contributed by atoms with Crippen molar-refractivity contribution in [3.63, 3.8) is 0 Å². The molecule has 1 atom stereocenters. The van der Waals surface area contributed by atoms with E-state index in [1.807, 2.05) is 18.2 Å². The second-order valence-electron chi connectivity index (χ2n) is 7.17. The molecule has 0 bridgehead atoms. The van der Waals surface area contributed by atoms with Crippen LogP contribution in [0.5, 0.6) is 17.2 Å². The highest BCUT2D eigenvalue weighted by Gasteiger charge is 2.43. The molecule has 1 saturated heterocycles. The molecule has 32 heavy (non-hydrogen) atoms. The molecule has 0 aliphatic carbocycles. The third-order valence-corrected chi connectivity index (χ3v) is 5.83. The maximum Gasteiger partial charge on any atom is 0.257 e. The zero-order valence-corrected chi connectivity index (χ0v) is 19.4. The van der Waals surface area contributed by atoms with Crippen molar-refractivity contribution in [3.05, 3.63) is 48.0 Å². The van der Waals surface area contributed by atoms with Crippen molar-refractivity contribution in [2.24, 2.45) is 0 Å². The van der Waals surface area contributed by atoms with E-state index in [0.717, 1.165) is 5.56 Å². The van der Waals surface area contributed by atoms with Gasteiger partial charge in [0.2, 0.25) is 5.91 Å². The molecule has 0 unspecified atom stereocenters. The van der Waals surface area contributed by atoms with Crippen molar-refractivity contribution in [2.45, 2.75) is 18.9 Å². The van der Waals surface area contributed by atoms with E-state index in [-0.39, 0.29) is 18.2 Å². The van der Waals surface area contributed by atoms with Crippen molar-refractivity contribution in [3.8, 4) is 17.2 Å². The van der Waals surface area contributed by atoms with Crippen molar-refractivity contribution < 1.29 is 23.8 Å². The van der Waals surface area contributed by atoms with Gasteiger partial charge in [-0.2, -0.15) is 0 Å². The van der Waals surface area contributed by atoms with Gasteiger partial charge in [0.15, 0.2) is 16.6 Å². The van der Waals surface area contributed by atoms with Crippen molar-refractivity contribution in [2.75, 3.05) is 39.8 Å². The molecule has 2 aromatic carbocycles. The number of hydrogen-bond acceptors (Lipinski definition) is 6. The van der Waals surface area contributed by atoms with E-state index >= 15 is 0 Å². The number of nitrogens with zero attached hydrogens (tertiary/aromatic N) is 2. The summed E-state index contributed by atoms with van der Waals surface area (Å²) < 4.78 is 15.8. The lowest BCUT2D eigenvalue weighted by Crippen LogP contribution is -2.49. The van der Waals surface area contributed by atoms with Crippen LogP contribution in [-0.4, -0.2) is 62.8 Å². The Balaban J connectivity index is 1.79. The molecule has 0 saturated carbocycles. The lowest BCUT2D eigenvalue weighted by Gasteiger charge is -2.29. The number of methoxy groups -OCH3 is 3. The first kappa shape index (κ1) is 23.3. The molecule has 2 amide bonds. The zero-order chi connectivity index (χ0) is 23.3. The Morgan fingerprint density at radius 3 is 2.34 bits per heavy atom. The summed E-state index contributed by atoms with van der Waals surface area (Å²) in [5.74, 6) is 1.36. The monoisotopic (exact) mass is 457 g/mol. The summed E-state index contributed by atoms with van der Waals surface area (Å²) in [5, 5.41) is 3.35. The molecule has 3 rings (SSSR count). The Bertz CT molecular complexity index is 996. The molecule has 1 aliphatic rings. The second-order valence-corrected chi connectivity index (χ2v) is 7.56. The Kier molecular flexibility index (Phi) is 7.53. The number of hydrogen-bond donors (Lipinski definition) is 1. The van der Waals surface area contributed by atoms with Gasteiger partial charge in [-0.25, -0.2) is 4.90 Å². The Hall–Kier alpha value is -3.33. The van der Waals surface area contributed by atoms with Crippen molar-refractivity contribution in [1.29, 1.82) is 0 Å². The summed E-state index contributed by atoms with van der Waals surface area (Å²) in [6.45, 7) is 0.454. The van der Waals surface area contributed by atoms with E-state index in [2.05, 4.69) is 5.32 Å². The van der Waals surface area contributed by atoms with E-state index in [0.29, 0.717) is 41.0 Å². The minimum atomic E-state index is -0.676. The zero-order valence-electron chi connectivity index (χ0n) is 18.6. The number of nitrogens with one attached hydrogen (secondary N) is 1. The second kappa shape index (κ2) is 10.3. The Labute approximate surface area is 193 Å². The molecular formula is C23H27N3O5S. The Morgan fingerprint density at radius 2 is 1.75 bits per heavy atom. The van der Waals surface area contributed by atoms with Crippen molar-refractivity contribution in [1.82, 2.24) is 10.2 Å². The van der Waals surface area contributed by atoms with Gasteiger partial charge in [0.25, 0.3) is 5.91 Å². The van der Waals surface area contributed by atoms with Crippen LogP contribution >= 0.6 is 12.2 Å². The summed E-state index contributed by atoms with van der Waals surface area (Å²) in [5.41, 5.74) is 1.51. The summed E-state index contributed by atoms with van der Waals surface area (Å²) in [6.07, 6.45) is 0.654. The highest BCUT2D eigenvalue weighted by molar-refractivity contribution is 7.80. The topological polar surface area (TPSA) is 80.3 Å². The first-order valence-electron chi connectivity index (χ1n) is 10.1. The molecule has 1 heterocycles. The quantitative estimate of drug-likeness (QED) is 0.478. The number of carbonyl (C=O) groups is 2. The fourth-order valence-corrected chi connectivity index (χ4v) is 3.91. The number of amides is 2. The summed E-state index contributed by atoms with van der Waals surface area (Å²) >= 11 is 5.47. The van der Waals surface area contributed by atoms with Crippen LogP contribution in [0.2, 0.25) is 0 Å². The number of benzene rings is 2. The van der Waals surface area contributed by atoms with Gasteiger partial charge in [-0.1, -0.05) is 6.07 Å². The summed E-state index contributed by atoms with van der Waals surface area (Å²) in [6, 6.07) is 11.8. The van der Waals surface area contributed by atoms with Gasteiger partial charge in [-0.3, -0.25) is 9.59 Å². The number of ether oxygens (including phenoxy) is 3. The largest absolute Gasteiger partial charge is 0.497 e. The smallest absolute Gasteiger partial charge is 0.257 e. The van der Waals surface area contributed by atoms with Gasteiger partial charge < -0.3 is 24.4 Å². The molecule has 8 nitrogen and oxygen atoms in total. The maximum absolute atomic E-state index is 13.2. The van der Waals surface area contributed by atoms with Crippen LogP contribution in [0.25, 0.3) is 0 Å². The number of carbonyl (C=O) groups excluding carboxylic acids is 2. The van der Waals surface area contributed by atoms with Crippen LogP contribution in [0.1, 0.15) is 12.0 Å². The van der Waals surface area contributed by atoms with Gasteiger partial charge >= 0.3 is 0 Å². The minimum absolute atomic E-state index is 0.0542. The number of imide groups is 1. The number of rotatable bonds is 8. The SMILES string of the molecule is CNC(=S)N(CCc1ccc(OC)c(OC)c1)[C@H]1CC(=O)N(c2ccc(OC)cc2)C1=O. The molecule has 170 valence electrons. The average molecular weight is 458 g/mol. The third kappa shape index (κ3) is 4.77. The van der Waals surface area contributed by atoms with E-state index in [9.17, 15) is 9.59 Å². The lowest BCUT2D eigenvalue weighted by molar-refractivity contribution is -0.122. The molecule has 1 aliphatic heterocycles. The fourth-order valence-electron chi connectivity index (χ4n) is 3.69. The lowest BCUT2D eigenvalue weighted by atomic mass is 10.1. The van der Waals surface area contributed by atoms with Crippen LogP contribution in [-0.2, 0) is 16.0 Å². The predicted octanol–water partition coefficient (Wildman–Crippen LogP) is 2.39. The van der Waals surface area contributed by atoms with E-state index < -0.39 is 6.04 Å². The van der Waals surface area contributed by atoms with Gasteiger partial charge in [-0.05, 0) is 60.6 Å². The van der Waals surface area contributed by atoms with E-state index in [1.54, 1.807) is 57.5 Å². The summed E-state index contributed by atoms with van der Waals surface area (Å²) in [7, 11) is 6.43. The highest BCUT2D eigenvalue weighted by Crippen LogP contribution is 2.29. The molecular weight excluding hydrogens is 430 g/mol.